The Kier molecular flexibility index (Phi) is 7.13. The number of urea groups is 1. The van der Waals surface area contributed by atoms with Gasteiger partial charge in [-0.15, -0.1) is 0 Å². The van der Waals surface area contributed by atoms with Gasteiger partial charge in [0.05, 0.1) is 15.8 Å². The van der Waals surface area contributed by atoms with Crippen molar-refractivity contribution in [1.29, 1.82) is 0 Å². The fourth-order valence-corrected chi connectivity index (χ4v) is 4.85. The quantitative estimate of drug-likeness (QED) is 0.328. The van der Waals surface area contributed by atoms with Gasteiger partial charge in [0.15, 0.2) is 6.61 Å². The van der Waals surface area contributed by atoms with E-state index in [1.54, 1.807) is 72.8 Å². The molecule has 2 N–H and O–H groups in total. The third kappa shape index (κ3) is 5.03. The molecule has 35 heavy (non-hydrogen) atoms. The van der Waals surface area contributed by atoms with Crippen LogP contribution in [0.1, 0.15) is 5.56 Å². The Bertz CT molecular complexity index is 1300. The lowest BCUT2D eigenvalue weighted by Gasteiger charge is -2.34. The number of rotatable bonds is 6. The number of hydrogen-bond acceptors (Lipinski definition) is 5. The molecule has 0 bridgehead atoms. The van der Waals surface area contributed by atoms with Crippen molar-refractivity contribution in [3.63, 3.8) is 0 Å². The zero-order chi connectivity index (χ0) is 25.1. The van der Waals surface area contributed by atoms with E-state index >= 15 is 0 Å². The maximum Gasteiger partial charge on any atom is 0.343 e. The second-order valence-corrected chi connectivity index (χ2v) is 9.12. The minimum atomic E-state index is -0.796. The number of anilines is 2. The Morgan fingerprint density at radius 3 is 1.86 bits per heavy atom. The van der Waals surface area contributed by atoms with Gasteiger partial charge in [0.1, 0.15) is 11.3 Å². The number of nitrogens with zero attached hydrogens (tertiary/aromatic N) is 2. The number of imide groups is 2. The summed E-state index contributed by atoms with van der Waals surface area (Å²) in [4.78, 5) is 53.6. The summed E-state index contributed by atoms with van der Waals surface area (Å²) in [6.45, 7) is -0.414. The van der Waals surface area contributed by atoms with Crippen molar-refractivity contribution in [2.24, 2.45) is 5.73 Å². The lowest BCUT2D eigenvalue weighted by atomic mass is 10.0. The normalized spacial score (nSPS) is 13.8. The molecule has 0 saturated carbocycles. The van der Waals surface area contributed by atoms with Crippen LogP contribution < -0.4 is 20.3 Å². The highest BCUT2D eigenvalue weighted by Crippen LogP contribution is 2.36. The second-order valence-electron chi connectivity index (χ2n) is 7.35. The minimum absolute atomic E-state index is 0.203. The Hall–Kier alpha value is -3.76. The van der Waals surface area contributed by atoms with Gasteiger partial charge in [0.25, 0.3) is 17.7 Å². The van der Waals surface area contributed by atoms with Crippen LogP contribution in [0.25, 0.3) is 6.08 Å². The number of primary amides is 1. The van der Waals surface area contributed by atoms with Gasteiger partial charge in [-0.2, -0.15) is 0 Å². The van der Waals surface area contributed by atoms with Crippen LogP contribution in [0.5, 0.6) is 5.75 Å². The van der Waals surface area contributed by atoms with E-state index in [1.807, 2.05) is 0 Å². The number of amides is 5. The zero-order valence-electron chi connectivity index (χ0n) is 18.0. The number of halogens is 2. The van der Waals surface area contributed by atoms with Gasteiger partial charge < -0.3 is 10.5 Å². The van der Waals surface area contributed by atoms with Crippen molar-refractivity contribution >= 4 is 73.1 Å². The molecule has 0 radical (unpaired) electrons. The molecule has 0 atom stereocenters. The molecule has 1 aliphatic rings. The lowest BCUT2D eigenvalue weighted by molar-refractivity contribution is -0.121. The fraction of sp³-hybridized carbons (Fsp3) is 0.0400. The predicted molar refractivity (Wildman–Crippen MR) is 138 cm³/mol. The van der Waals surface area contributed by atoms with Crippen LogP contribution in [0.15, 0.2) is 87.3 Å². The van der Waals surface area contributed by atoms with E-state index in [0.29, 0.717) is 25.9 Å². The lowest BCUT2D eigenvalue weighted by Crippen LogP contribution is -2.57. The van der Waals surface area contributed by atoms with Crippen LogP contribution in [-0.2, 0) is 14.4 Å². The molecule has 3 aromatic carbocycles. The van der Waals surface area contributed by atoms with Crippen molar-refractivity contribution in [3.8, 4) is 5.75 Å². The topological polar surface area (TPSA) is 110 Å². The van der Waals surface area contributed by atoms with Gasteiger partial charge in [-0.05, 0) is 58.4 Å². The third-order valence-electron chi connectivity index (χ3n) is 4.97. The van der Waals surface area contributed by atoms with Crippen LogP contribution in [0, 0.1) is 0 Å². The molecule has 3 aromatic rings. The Balaban J connectivity index is 1.89. The SMILES string of the molecule is NC(=O)COc1c(Br)cc(Br)cc1C=C1C(=O)N(c2ccccc2)C(=O)N(c2ccccc2)C1=O. The largest absolute Gasteiger partial charge is 0.482 e. The van der Waals surface area contributed by atoms with Crippen molar-refractivity contribution in [2.75, 3.05) is 16.4 Å². The van der Waals surface area contributed by atoms with Crippen LogP contribution >= 0.6 is 31.9 Å². The Labute approximate surface area is 217 Å². The smallest absolute Gasteiger partial charge is 0.343 e. The first-order chi connectivity index (χ1) is 16.8. The molecule has 176 valence electrons. The highest BCUT2D eigenvalue weighted by molar-refractivity contribution is 9.11. The zero-order valence-corrected chi connectivity index (χ0v) is 21.2. The van der Waals surface area contributed by atoms with Gasteiger partial charge in [0, 0.05) is 10.0 Å². The number of benzene rings is 3. The molecule has 5 amide bonds. The number of carbonyl (C=O) groups is 4. The number of hydrogen-bond donors (Lipinski definition) is 1. The predicted octanol–water partition coefficient (Wildman–Crippen LogP) is 4.66. The monoisotopic (exact) mass is 597 g/mol. The van der Waals surface area contributed by atoms with Gasteiger partial charge in [-0.1, -0.05) is 52.3 Å². The molecular weight excluding hydrogens is 582 g/mol. The highest BCUT2D eigenvalue weighted by Gasteiger charge is 2.43. The van der Waals surface area contributed by atoms with Crippen molar-refractivity contribution < 1.29 is 23.9 Å². The molecule has 1 fully saturated rings. The molecule has 4 rings (SSSR count). The first-order valence-electron chi connectivity index (χ1n) is 10.2. The van der Waals surface area contributed by atoms with E-state index in [4.69, 9.17) is 10.5 Å². The number of carbonyl (C=O) groups excluding carboxylic acids is 4. The van der Waals surface area contributed by atoms with Gasteiger partial charge in [-0.3, -0.25) is 14.4 Å². The Morgan fingerprint density at radius 2 is 1.37 bits per heavy atom. The summed E-state index contributed by atoms with van der Waals surface area (Å²) in [7, 11) is 0. The summed E-state index contributed by atoms with van der Waals surface area (Å²) < 4.78 is 6.62. The first-order valence-corrected chi connectivity index (χ1v) is 11.8. The van der Waals surface area contributed by atoms with Gasteiger partial charge in [0.2, 0.25) is 0 Å². The van der Waals surface area contributed by atoms with E-state index in [-0.39, 0.29) is 11.3 Å². The third-order valence-corrected chi connectivity index (χ3v) is 6.02. The molecule has 0 aliphatic carbocycles. The molecule has 1 saturated heterocycles. The summed E-state index contributed by atoms with van der Waals surface area (Å²) in [5.74, 6) is -2.08. The van der Waals surface area contributed by atoms with Crippen LogP contribution in [0.4, 0.5) is 16.2 Å². The summed E-state index contributed by atoms with van der Waals surface area (Å²) >= 11 is 6.75. The standard InChI is InChI=1S/C25H17Br2N3O5/c26-16-11-15(22(20(27)13-16)35-14-21(28)31)12-19-23(32)29(17-7-3-1-4-8-17)25(34)30(24(19)33)18-9-5-2-6-10-18/h1-13H,14H2,(H2,28,31). The highest BCUT2D eigenvalue weighted by atomic mass is 79.9. The molecule has 1 aliphatic heterocycles. The maximum atomic E-state index is 13.5. The maximum absolute atomic E-state index is 13.5. The van der Waals surface area contributed by atoms with Crippen LogP contribution in [0.2, 0.25) is 0 Å². The summed E-state index contributed by atoms with van der Waals surface area (Å²) in [5.41, 5.74) is 5.88. The average Bonchev–Trinajstić information content (AvgIpc) is 2.82. The first kappa shape index (κ1) is 24.4. The van der Waals surface area contributed by atoms with Crippen molar-refractivity contribution in [3.05, 3.63) is 92.9 Å². The van der Waals surface area contributed by atoms with Crippen molar-refractivity contribution in [1.82, 2.24) is 0 Å². The molecule has 10 heteroatoms. The van der Waals surface area contributed by atoms with Crippen LogP contribution in [0.3, 0.4) is 0 Å². The number of nitrogens with two attached hydrogens (primary N) is 1. The second kappa shape index (κ2) is 10.2. The van der Waals surface area contributed by atoms with E-state index in [1.165, 1.54) is 6.08 Å². The van der Waals surface area contributed by atoms with Gasteiger partial charge >= 0.3 is 6.03 Å². The molecule has 1 heterocycles. The Morgan fingerprint density at radius 1 is 0.857 bits per heavy atom. The van der Waals surface area contributed by atoms with Crippen LogP contribution in [-0.4, -0.2) is 30.4 Å². The minimum Gasteiger partial charge on any atom is -0.482 e. The van der Waals surface area contributed by atoms with E-state index < -0.39 is 30.4 Å². The number of para-hydroxylation sites is 2. The molecule has 0 spiro atoms. The molecular formula is C25H17Br2N3O5. The summed E-state index contributed by atoms with van der Waals surface area (Å²) in [6.07, 6.45) is 1.33. The molecule has 0 unspecified atom stereocenters. The summed E-state index contributed by atoms with van der Waals surface area (Å²) in [6, 6.07) is 19.1. The van der Waals surface area contributed by atoms with E-state index in [2.05, 4.69) is 31.9 Å². The van der Waals surface area contributed by atoms with Crippen molar-refractivity contribution in [2.45, 2.75) is 0 Å². The van der Waals surface area contributed by atoms with E-state index in [9.17, 15) is 19.2 Å². The summed E-state index contributed by atoms with van der Waals surface area (Å²) in [5, 5.41) is 0. The number of barbiturate groups is 1. The average molecular weight is 599 g/mol. The van der Waals surface area contributed by atoms with E-state index in [0.717, 1.165) is 9.80 Å². The molecule has 0 aromatic heterocycles. The number of ether oxygens (including phenoxy) is 1. The molecule has 8 nitrogen and oxygen atoms in total. The van der Waals surface area contributed by atoms with Gasteiger partial charge in [-0.25, -0.2) is 14.6 Å². The fourth-order valence-electron chi connectivity index (χ4n) is 3.48.